The van der Waals surface area contributed by atoms with Gasteiger partial charge in [-0.3, -0.25) is 0 Å². The monoisotopic (exact) mass is 963 g/mol. The molecule has 1 amide bonds. The van der Waals surface area contributed by atoms with Gasteiger partial charge in [0.05, 0.1) is 39.5 Å². The van der Waals surface area contributed by atoms with Gasteiger partial charge < -0.3 is 29.4 Å². The van der Waals surface area contributed by atoms with E-state index >= 15 is 8.42 Å². The highest BCUT2D eigenvalue weighted by molar-refractivity contribution is 14.1. The first-order valence-corrected chi connectivity index (χ1v) is 22.1. The van der Waals surface area contributed by atoms with Crippen molar-refractivity contribution in [2.24, 2.45) is 0 Å². The van der Waals surface area contributed by atoms with Gasteiger partial charge in [0, 0.05) is 29.7 Å². The SMILES string of the molecule is COc1ccc(CN(Cc2ccc(OC)cc2)S(=O)(=O)c2c(S(=O)(=O)NCC(O)CNC(=O)OC(C)(C)C)ccc(I)c2-c2nnn(Cc3ccc(OC)cc3)n2)cc1. The Hall–Kier alpha value is -4.87. The normalized spacial score (nSPS) is 12.6. The Morgan fingerprint density at radius 1 is 0.797 bits per heavy atom. The molecule has 59 heavy (non-hydrogen) atoms. The molecule has 0 fully saturated rings. The van der Waals surface area contributed by atoms with Crippen LogP contribution in [0.2, 0.25) is 0 Å². The van der Waals surface area contributed by atoms with Crippen molar-refractivity contribution in [2.45, 2.75) is 61.9 Å². The van der Waals surface area contributed by atoms with Gasteiger partial charge in [-0.1, -0.05) is 36.4 Å². The summed E-state index contributed by atoms with van der Waals surface area (Å²) in [6.07, 6.45) is -2.22. The molecule has 0 saturated heterocycles. The number of halogens is 1. The van der Waals surface area contributed by atoms with Gasteiger partial charge in [0.25, 0.3) is 0 Å². The molecule has 0 saturated carbocycles. The molecule has 0 bridgehead atoms. The van der Waals surface area contributed by atoms with E-state index in [1.165, 1.54) is 31.1 Å². The molecule has 0 aliphatic heterocycles. The lowest BCUT2D eigenvalue weighted by Gasteiger charge is -2.26. The molecule has 5 aromatic rings. The number of hydrogen-bond acceptors (Lipinski definition) is 13. The molecule has 17 nitrogen and oxygen atoms in total. The molecule has 3 N–H and O–H groups in total. The lowest BCUT2D eigenvalue weighted by Crippen LogP contribution is -2.42. The van der Waals surface area contributed by atoms with Crippen LogP contribution in [0.5, 0.6) is 17.2 Å². The maximum atomic E-state index is 15.4. The van der Waals surface area contributed by atoms with Crippen molar-refractivity contribution >= 4 is 48.7 Å². The van der Waals surface area contributed by atoms with Crippen molar-refractivity contribution in [3.8, 4) is 28.6 Å². The zero-order valence-corrected chi connectivity index (χ0v) is 37.0. The summed E-state index contributed by atoms with van der Waals surface area (Å²) >= 11 is 1.91. The molecule has 0 aliphatic carbocycles. The van der Waals surface area contributed by atoms with Crippen molar-refractivity contribution in [2.75, 3.05) is 34.4 Å². The first-order valence-electron chi connectivity index (χ1n) is 18.1. The number of tetrazole rings is 1. The van der Waals surface area contributed by atoms with Crippen LogP contribution in [-0.4, -0.2) is 98.7 Å². The smallest absolute Gasteiger partial charge is 0.407 e. The summed E-state index contributed by atoms with van der Waals surface area (Å²) in [4.78, 5) is 12.2. The van der Waals surface area contributed by atoms with Crippen LogP contribution in [0, 0.1) is 3.57 Å². The van der Waals surface area contributed by atoms with E-state index in [4.69, 9.17) is 18.9 Å². The van der Waals surface area contributed by atoms with E-state index in [1.54, 1.807) is 88.5 Å². The van der Waals surface area contributed by atoms with Gasteiger partial charge in [0.1, 0.15) is 32.6 Å². The lowest BCUT2D eigenvalue weighted by molar-refractivity contribution is 0.0494. The minimum absolute atomic E-state index is 0.101. The summed E-state index contributed by atoms with van der Waals surface area (Å²) in [7, 11) is -4.93. The maximum absolute atomic E-state index is 15.4. The maximum Gasteiger partial charge on any atom is 0.407 e. The fourth-order valence-corrected chi connectivity index (χ4v) is 9.97. The van der Waals surface area contributed by atoms with Crippen LogP contribution in [0.25, 0.3) is 11.4 Å². The summed E-state index contributed by atoms with van der Waals surface area (Å²) in [6, 6.07) is 23.4. The number of rotatable bonds is 18. The van der Waals surface area contributed by atoms with Crippen LogP contribution < -0.4 is 24.2 Å². The van der Waals surface area contributed by atoms with Crippen molar-refractivity contribution in [3.63, 3.8) is 0 Å². The van der Waals surface area contributed by atoms with E-state index in [0.29, 0.717) is 31.9 Å². The Morgan fingerprint density at radius 3 is 1.80 bits per heavy atom. The van der Waals surface area contributed by atoms with Crippen LogP contribution >= 0.6 is 22.6 Å². The average molecular weight is 964 g/mol. The van der Waals surface area contributed by atoms with E-state index in [2.05, 4.69) is 25.4 Å². The zero-order valence-electron chi connectivity index (χ0n) is 33.2. The number of methoxy groups -OCH3 is 3. The molecule has 316 valence electrons. The summed E-state index contributed by atoms with van der Waals surface area (Å²) in [6.45, 7) is 3.87. The van der Waals surface area contributed by atoms with Crippen molar-refractivity contribution in [1.29, 1.82) is 0 Å². The summed E-state index contributed by atoms with van der Waals surface area (Å²) in [5.41, 5.74) is 1.06. The van der Waals surface area contributed by atoms with E-state index < -0.39 is 54.2 Å². The van der Waals surface area contributed by atoms with E-state index in [-0.39, 0.29) is 37.6 Å². The van der Waals surface area contributed by atoms with E-state index in [9.17, 15) is 18.3 Å². The molecule has 5 rings (SSSR count). The number of nitrogens with one attached hydrogen (secondary N) is 2. The Kier molecular flexibility index (Phi) is 14.9. The minimum atomic E-state index is -4.80. The first-order chi connectivity index (χ1) is 27.9. The quantitative estimate of drug-likeness (QED) is 0.103. The second kappa shape index (κ2) is 19.5. The number of nitrogens with zero attached hydrogens (tertiary/aromatic N) is 5. The van der Waals surface area contributed by atoms with Crippen LogP contribution in [0.3, 0.4) is 0 Å². The second-order valence-corrected chi connectivity index (χ2v) is 18.9. The number of ether oxygens (including phenoxy) is 4. The third-order valence-corrected chi connectivity index (χ3v) is 12.9. The molecule has 1 heterocycles. The summed E-state index contributed by atoms with van der Waals surface area (Å²) < 4.78 is 84.1. The Bertz CT molecular complexity index is 2380. The highest BCUT2D eigenvalue weighted by Crippen LogP contribution is 2.38. The van der Waals surface area contributed by atoms with Crippen molar-refractivity contribution in [1.82, 2.24) is 34.6 Å². The van der Waals surface area contributed by atoms with Gasteiger partial charge in [-0.2, -0.15) is 9.10 Å². The molecule has 4 aromatic carbocycles. The molecule has 0 spiro atoms. The second-order valence-electron chi connectivity index (χ2n) is 14.1. The number of sulfonamides is 2. The minimum Gasteiger partial charge on any atom is -0.497 e. The number of aliphatic hydroxyl groups is 1. The standard InChI is InChI=1S/C39H46IN7O10S2/c1-39(2,3)57-38(49)41-21-29(48)22-42-58(50,51)34-20-19-33(40)35(37-43-45-47(44-37)25-28-11-17-32(56-6)18-12-28)36(34)59(52,53)46(23-26-7-13-30(54-4)14-8-26)24-27-9-15-31(55-5)16-10-27/h7-20,29,42,48H,21-25H2,1-6H3,(H,41,49). The highest BCUT2D eigenvalue weighted by Gasteiger charge is 2.37. The van der Waals surface area contributed by atoms with Crippen molar-refractivity contribution < 1.29 is 45.7 Å². The lowest BCUT2D eigenvalue weighted by atomic mass is 10.2. The molecule has 20 heteroatoms. The topological polar surface area (TPSA) is 213 Å². The number of hydrogen-bond donors (Lipinski definition) is 3. The van der Waals surface area contributed by atoms with Crippen LogP contribution in [0.15, 0.2) is 94.7 Å². The number of alkyl carbamates (subject to hydrolysis) is 1. The number of carbonyl (C=O) groups is 1. The Balaban J connectivity index is 1.60. The third-order valence-electron chi connectivity index (χ3n) is 8.54. The highest BCUT2D eigenvalue weighted by atomic mass is 127. The molecule has 1 atom stereocenters. The number of carbonyl (C=O) groups excluding carboxylic acids is 1. The third kappa shape index (κ3) is 12.1. The van der Waals surface area contributed by atoms with E-state index in [1.807, 2.05) is 34.7 Å². The number of aliphatic hydroxyl groups excluding tert-OH is 1. The predicted octanol–water partition coefficient (Wildman–Crippen LogP) is 4.57. The Morgan fingerprint density at radius 2 is 1.31 bits per heavy atom. The Labute approximate surface area is 357 Å². The van der Waals surface area contributed by atoms with E-state index in [0.717, 1.165) is 9.87 Å². The van der Waals surface area contributed by atoms with Crippen LogP contribution in [-0.2, 0) is 44.4 Å². The fourth-order valence-electron chi connectivity index (χ4n) is 5.62. The fraction of sp³-hybridized carbons (Fsp3) is 0.333. The van der Waals surface area contributed by atoms with Gasteiger partial charge >= 0.3 is 6.09 Å². The molecular formula is C39H46IN7O10S2. The molecule has 0 aliphatic rings. The van der Waals surface area contributed by atoms with Crippen LogP contribution in [0.1, 0.15) is 37.5 Å². The summed E-state index contributed by atoms with van der Waals surface area (Å²) in [5, 5.41) is 26.0. The molecular weight excluding hydrogens is 918 g/mol. The van der Waals surface area contributed by atoms with Gasteiger partial charge in [-0.25, -0.2) is 26.4 Å². The van der Waals surface area contributed by atoms with Gasteiger partial charge in [0.2, 0.25) is 25.9 Å². The number of amides is 1. The average Bonchev–Trinajstić information content (AvgIpc) is 3.66. The molecule has 0 radical (unpaired) electrons. The zero-order chi connectivity index (χ0) is 43.0. The van der Waals surface area contributed by atoms with Gasteiger partial charge in [0.15, 0.2) is 0 Å². The molecule has 1 unspecified atom stereocenters. The predicted molar refractivity (Wildman–Crippen MR) is 226 cm³/mol. The number of benzene rings is 4. The molecule has 1 aromatic heterocycles. The van der Waals surface area contributed by atoms with Gasteiger partial charge in [-0.05, 0) is 114 Å². The first kappa shape index (κ1) is 45.2. The summed E-state index contributed by atoms with van der Waals surface area (Å²) in [5.74, 6) is 1.63. The van der Waals surface area contributed by atoms with Crippen LogP contribution in [0.4, 0.5) is 4.79 Å². The largest absolute Gasteiger partial charge is 0.497 e. The number of aromatic nitrogens is 4. The van der Waals surface area contributed by atoms with Gasteiger partial charge in [-0.15, -0.1) is 10.2 Å². The van der Waals surface area contributed by atoms with Crippen molar-refractivity contribution in [3.05, 3.63) is 105 Å².